The second-order valence-electron chi connectivity index (χ2n) is 9.20. The molecule has 0 saturated carbocycles. The number of hydrogen-bond acceptors (Lipinski definition) is 10. The first-order valence-electron chi connectivity index (χ1n) is 11.7. The highest BCUT2D eigenvalue weighted by atomic mass is 16.7. The van der Waals surface area contributed by atoms with E-state index in [1.54, 1.807) is 24.3 Å². The van der Waals surface area contributed by atoms with Crippen LogP contribution in [0.1, 0.15) is 26.3 Å². The molecule has 1 saturated heterocycles. The second-order valence-corrected chi connectivity index (χ2v) is 9.20. The quantitative estimate of drug-likeness (QED) is 0.310. The minimum atomic E-state index is -1.69. The van der Waals surface area contributed by atoms with Crippen molar-refractivity contribution in [2.24, 2.45) is 0 Å². The minimum absolute atomic E-state index is 0.0351. The molecule has 0 unspecified atom stereocenters. The smallest absolute Gasteiger partial charge is 0.239 e. The van der Waals surface area contributed by atoms with E-state index in [1.807, 2.05) is 19.9 Å². The lowest BCUT2D eigenvalue weighted by Crippen LogP contribution is -2.58. The van der Waals surface area contributed by atoms with Gasteiger partial charge < -0.3 is 44.2 Å². The first-order valence-corrected chi connectivity index (χ1v) is 11.7. The molecular formula is C27H30O10. The summed E-state index contributed by atoms with van der Waals surface area (Å²) in [4.78, 5) is 13.8. The first-order chi connectivity index (χ1) is 17.5. The Kier molecular flexibility index (Phi) is 7.47. The lowest BCUT2D eigenvalue weighted by molar-refractivity contribution is -0.268. The van der Waals surface area contributed by atoms with Gasteiger partial charge in [0.2, 0.25) is 17.5 Å². The van der Waals surface area contributed by atoms with Gasteiger partial charge in [0.15, 0.2) is 5.76 Å². The summed E-state index contributed by atoms with van der Waals surface area (Å²) < 4.78 is 22.7. The molecule has 0 spiro atoms. The van der Waals surface area contributed by atoms with E-state index < -0.39 is 47.6 Å². The molecule has 0 bridgehead atoms. The minimum Gasteiger partial charge on any atom is -0.507 e. The Morgan fingerprint density at radius 1 is 1.03 bits per heavy atom. The van der Waals surface area contributed by atoms with Crippen molar-refractivity contribution in [1.29, 1.82) is 0 Å². The zero-order chi connectivity index (χ0) is 27.0. The molecule has 1 aliphatic heterocycles. The Morgan fingerprint density at radius 2 is 1.70 bits per heavy atom. The number of hydrogen-bond donors (Lipinski definition) is 5. The van der Waals surface area contributed by atoms with Gasteiger partial charge in [0, 0.05) is 17.2 Å². The number of ether oxygens (including phenoxy) is 3. The van der Waals surface area contributed by atoms with E-state index >= 15 is 0 Å². The summed E-state index contributed by atoms with van der Waals surface area (Å²) in [5.41, 5.74) is 0.828. The second kappa shape index (κ2) is 10.4. The number of benzene rings is 2. The van der Waals surface area contributed by atoms with E-state index in [1.165, 1.54) is 14.0 Å². The molecule has 1 fully saturated rings. The Labute approximate surface area is 212 Å². The molecule has 37 heavy (non-hydrogen) atoms. The Balaban J connectivity index is 1.96. The van der Waals surface area contributed by atoms with Crippen molar-refractivity contribution in [2.45, 2.75) is 57.9 Å². The van der Waals surface area contributed by atoms with Gasteiger partial charge in [0.1, 0.15) is 46.5 Å². The highest BCUT2D eigenvalue weighted by Crippen LogP contribution is 2.40. The van der Waals surface area contributed by atoms with E-state index in [0.29, 0.717) is 11.3 Å². The van der Waals surface area contributed by atoms with Crippen LogP contribution in [0, 0.1) is 0 Å². The summed E-state index contributed by atoms with van der Waals surface area (Å²) in [7, 11) is 1.50. The molecule has 3 aromatic rings. The van der Waals surface area contributed by atoms with Crippen molar-refractivity contribution in [1.82, 2.24) is 0 Å². The first kappa shape index (κ1) is 26.5. The number of methoxy groups -OCH3 is 1. The molecule has 2 aromatic carbocycles. The highest BCUT2D eigenvalue weighted by molar-refractivity contribution is 5.91. The van der Waals surface area contributed by atoms with Crippen molar-refractivity contribution >= 4 is 11.0 Å². The fourth-order valence-electron chi connectivity index (χ4n) is 4.14. The van der Waals surface area contributed by atoms with Gasteiger partial charge in [-0.15, -0.1) is 0 Å². The molecule has 10 nitrogen and oxygen atoms in total. The van der Waals surface area contributed by atoms with E-state index in [0.717, 1.165) is 11.6 Å². The van der Waals surface area contributed by atoms with E-state index in [9.17, 15) is 30.3 Å². The topological polar surface area (TPSA) is 159 Å². The van der Waals surface area contributed by atoms with Crippen LogP contribution in [0.15, 0.2) is 51.2 Å². The Hall–Kier alpha value is -3.57. The number of aliphatic hydroxyl groups excluding tert-OH is 3. The molecule has 1 aliphatic rings. The van der Waals surface area contributed by atoms with E-state index in [4.69, 9.17) is 18.6 Å². The number of phenols is 2. The molecular weight excluding hydrogens is 484 g/mol. The summed E-state index contributed by atoms with van der Waals surface area (Å²) in [6.07, 6.45) is -5.03. The number of aliphatic hydroxyl groups is 3. The molecule has 5 atom stereocenters. The summed E-state index contributed by atoms with van der Waals surface area (Å²) in [6.45, 7) is 5.24. The average molecular weight is 515 g/mol. The maximum absolute atomic E-state index is 13.8. The summed E-state index contributed by atoms with van der Waals surface area (Å²) in [5, 5.41) is 51.6. The largest absolute Gasteiger partial charge is 0.507 e. The number of fused-ring (bicyclic) bond motifs is 1. The maximum Gasteiger partial charge on any atom is 0.239 e. The highest BCUT2D eigenvalue weighted by Gasteiger charge is 2.44. The molecule has 10 heteroatoms. The number of phenolic OH excluding ortho intramolecular Hbond substituents is 2. The maximum atomic E-state index is 13.8. The fraction of sp³-hybridized carbons (Fsp3) is 0.370. The lowest BCUT2D eigenvalue weighted by atomic mass is 10.00. The molecule has 4 rings (SSSR count). The van der Waals surface area contributed by atoms with Crippen LogP contribution < -0.4 is 14.9 Å². The lowest BCUT2D eigenvalue weighted by Gasteiger charge is -2.38. The van der Waals surface area contributed by atoms with Crippen molar-refractivity contribution in [3.8, 4) is 34.3 Å². The molecule has 0 aliphatic carbocycles. The molecule has 0 radical (unpaired) electrons. The van der Waals surface area contributed by atoms with Gasteiger partial charge in [0.05, 0.1) is 13.2 Å². The fourth-order valence-corrected chi connectivity index (χ4v) is 4.14. The normalized spacial score (nSPS) is 23.6. The van der Waals surface area contributed by atoms with Crippen molar-refractivity contribution in [3.05, 3.63) is 57.8 Å². The number of aromatic hydroxyl groups is 2. The molecule has 198 valence electrons. The van der Waals surface area contributed by atoms with Crippen LogP contribution in [0.5, 0.6) is 23.0 Å². The average Bonchev–Trinajstić information content (AvgIpc) is 2.86. The third-order valence-electron chi connectivity index (χ3n) is 6.29. The van der Waals surface area contributed by atoms with Crippen LogP contribution >= 0.6 is 0 Å². The van der Waals surface area contributed by atoms with Crippen molar-refractivity contribution < 1.29 is 44.2 Å². The Bertz CT molecular complexity index is 1370. The van der Waals surface area contributed by atoms with Gasteiger partial charge in [-0.05, 0) is 51.5 Å². The van der Waals surface area contributed by atoms with Gasteiger partial charge in [-0.1, -0.05) is 11.6 Å². The SMILES string of the molecule is COc1ccc(-c2oc3c(CC=C(C)C)c(O)cc(O)c3c(=O)c2O[C@@H]2O[C@@H](C)[C@H](O)[C@@H](O)[C@@H]2O)cc1. The van der Waals surface area contributed by atoms with Gasteiger partial charge in [-0.3, -0.25) is 4.79 Å². The van der Waals surface area contributed by atoms with E-state index in [2.05, 4.69) is 0 Å². The summed E-state index contributed by atoms with van der Waals surface area (Å²) >= 11 is 0. The third kappa shape index (κ3) is 5.01. The van der Waals surface area contributed by atoms with Gasteiger partial charge in [-0.25, -0.2) is 0 Å². The van der Waals surface area contributed by atoms with Crippen LogP contribution in [0.25, 0.3) is 22.3 Å². The molecule has 1 aromatic heterocycles. The monoisotopic (exact) mass is 514 g/mol. The van der Waals surface area contributed by atoms with Crippen LogP contribution in [-0.2, 0) is 11.2 Å². The van der Waals surface area contributed by atoms with Crippen molar-refractivity contribution in [3.63, 3.8) is 0 Å². The van der Waals surface area contributed by atoms with Gasteiger partial charge in [-0.2, -0.15) is 0 Å². The van der Waals surface area contributed by atoms with Crippen LogP contribution in [0.3, 0.4) is 0 Å². The van der Waals surface area contributed by atoms with E-state index in [-0.39, 0.29) is 34.5 Å². The summed E-state index contributed by atoms with van der Waals surface area (Å²) in [6, 6.07) is 7.57. The number of allylic oxidation sites excluding steroid dienone is 2. The Morgan fingerprint density at radius 3 is 2.32 bits per heavy atom. The number of rotatable bonds is 6. The molecule has 5 N–H and O–H groups in total. The van der Waals surface area contributed by atoms with Crippen LogP contribution in [0.4, 0.5) is 0 Å². The molecule has 0 amide bonds. The van der Waals surface area contributed by atoms with Crippen LogP contribution in [-0.4, -0.2) is 63.3 Å². The van der Waals surface area contributed by atoms with Crippen molar-refractivity contribution in [2.75, 3.05) is 7.11 Å². The summed E-state index contributed by atoms with van der Waals surface area (Å²) in [5.74, 6) is -0.690. The van der Waals surface area contributed by atoms with Crippen LogP contribution in [0.2, 0.25) is 0 Å². The predicted molar refractivity (Wildman–Crippen MR) is 134 cm³/mol. The molecule has 2 heterocycles. The van der Waals surface area contributed by atoms with Gasteiger partial charge >= 0.3 is 0 Å². The predicted octanol–water partition coefficient (Wildman–Crippen LogP) is 2.59. The zero-order valence-corrected chi connectivity index (χ0v) is 20.8. The van der Waals surface area contributed by atoms with Gasteiger partial charge in [0.25, 0.3) is 0 Å². The zero-order valence-electron chi connectivity index (χ0n) is 20.8. The third-order valence-corrected chi connectivity index (χ3v) is 6.29. The standard InChI is InChI=1S/C27H30O10/c1-12(2)5-10-16-17(28)11-18(29)19-21(31)26(37-27-23(33)22(32)20(30)13(3)35-27)24(36-25(16)19)14-6-8-15(34-4)9-7-14/h5-9,11,13,20,22-23,27-30,32-33H,10H2,1-4H3/t13-,20-,22+,23-,27-/m0/s1.